The summed E-state index contributed by atoms with van der Waals surface area (Å²) in [7, 11) is 0. The van der Waals surface area contributed by atoms with Crippen molar-refractivity contribution in [2.75, 3.05) is 0 Å². The lowest BCUT2D eigenvalue weighted by Gasteiger charge is -1.82. The summed E-state index contributed by atoms with van der Waals surface area (Å²) < 4.78 is 1.18. The van der Waals surface area contributed by atoms with Crippen LogP contribution in [0.5, 0.6) is 0 Å². The molecule has 0 aliphatic heterocycles. The topological polar surface area (TPSA) is 37.3 Å². The van der Waals surface area contributed by atoms with Gasteiger partial charge in [-0.1, -0.05) is 18.2 Å². The first kappa shape index (κ1) is 8.97. The van der Waals surface area contributed by atoms with Gasteiger partial charge in [0.15, 0.2) is 0 Å². The van der Waals surface area contributed by atoms with Gasteiger partial charge in [0, 0.05) is 15.7 Å². The Balaban J connectivity index is 2.40. The SMILES string of the molecule is O=C(O)C=Cc1cc2ccccc2s1. The second-order valence-electron chi connectivity index (χ2n) is 2.86. The van der Waals surface area contributed by atoms with Crippen LogP contribution in [0.25, 0.3) is 16.2 Å². The fourth-order valence-electron chi connectivity index (χ4n) is 1.24. The molecule has 70 valence electrons. The summed E-state index contributed by atoms with van der Waals surface area (Å²) in [5.74, 6) is -0.914. The second kappa shape index (κ2) is 3.64. The number of carboxylic acid groups (broad SMARTS) is 1. The number of benzene rings is 1. The summed E-state index contributed by atoms with van der Waals surface area (Å²) >= 11 is 1.59. The van der Waals surface area contributed by atoms with E-state index in [4.69, 9.17) is 5.11 Å². The number of rotatable bonds is 2. The molecule has 0 unspecified atom stereocenters. The van der Waals surface area contributed by atoms with Gasteiger partial charge in [0.2, 0.25) is 0 Å². The molecule has 0 atom stereocenters. The van der Waals surface area contributed by atoms with E-state index in [1.807, 2.05) is 30.3 Å². The third-order valence-electron chi connectivity index (χ3n) is 1.83. The summed E-state index contributed by atoms with van der Waals surface area (Å²) in [6.07, 6.45) is 2.78. The van der Waals surface area contributed by atoms with Gasteiger partial charge in [0.1, 0.15) is 0 Å². The van der Waals surface area contributed by atoms with E-state index in [-0.39, 0.29) is 0 Å². The molecule has 0 saturated carbocycles. The van der Waals surface area contributed by atoms with Crippen LogP contribution in [0, 0.1) is 0 Å². The number of fused-ring (bicyclic) bond motifs is 1. The Hall–Kier alpha value is -1.61. The van der Waals surface area contributed by atoms with E-state index in [0.29, 0.717) is 0 Å². The van der Waals surface area contributed by atoms with E-state index >= 15 is 0 Å². The zero-order valence-electron chi connectivity index (χ0n) is 7.31. The van der Waals surface area contributed by atoms with Gasteiger partial charge < -0.3 is 5.11 Å². The molecule has 14 heavy (non-hydrogen) atoms. The van der Waals surface area contributed by atoms with Crippen LogP contribution in [-0.2, 0) is 4.79 Å². The van der Waals surface area contributed by atoms with Crippen LogP contribution in [0.2, 0.25) is 0 Å². The number of carboxylic acids is 1. The van der Waals surface area contributed by atoms with E-state index in [2.05, 4.69) is 0 Å². The quantitative estimate of drug-likeness (QED) is 0.763. The van der Waals surface area contributed by atoms with Crippen LogP contribution in [0.15, 0.2) is 36.4 Å². The molecule has 0 aliphatic rings. The van der Waals surface area contributed by atoms with Crippen molar-refractivity contribution in [3.8, 4) is 0 Å². The van der Waals surface area contributed by atoms with Crippen LogP contribution in [0.3, 0.4) is 0 Å². The number of carbonyl (C=O) groups is 1. The highest BCUT2D eigenvalue weighted by Gasteiger charge is 1.97. The maximum atomic E-state index is 10.3. The minimum absolute atomic E-state index is 0.914. The van der Waals surface area contributed by atoms with Crippen molar-refractivity contribution in [1.82, 2.24) is 0 Å². The first-order chi connectivity index (χ1) is 6.75. The Morgan fingerprint density at radius 1 is 1.36 bits per heavy atom. The van der Waals surface area contributed by atoms with Crippen LogP contribution < -0.4 is 0 Å². The van der Waals surface area contributed by atoms with Crippen molar-refractivity contribution in [3.05, 3.63) is 41.3 Å². The third-order valence-corrected chi connectivity index (χ3v) is 2.92. The van der Waals surface area contributed by atoms with Gasteiger partial charge in [-0.05, 0) is 23.6 Å². The number of thiophene rings is 1. The van der Waals surface area contributed by atoms with Crippen LogP contribution in [0.1, 0.15) is 4.88 Å². The molecule has 0 aliphatic carbocycles. The number of hydrogen-bond acceptors (Lipinski definition) is 2. The number of hydrogen-bond donors (Lipinski definition) is 1. The average Bonchev–Trinajstić information content (AvgIpc) is 2.57. The Morgan fingerprint density at radius 3 is 2.86 bits per heavy atom. The molecule has 0 radical (unpaired) electrons. The molecular weight excluding hydrogens is 196 g/mol. The zero-order chi connectivity index (χ0) is 9.97. The predicted octanol–water partition coefficient (Wildman–Crippen LogP) is 3.00. The van der Waals surface area contributed by atoms with Gasteiger partial charge >= 0.3 is 5.97 Å². The molecule has 0 fully saturated rings. The first-order valence-corrected chi connectivity index (χ1v) is 4.97. The van der Waals surface area contributed by atoms with Gasteiger partial charge in [0.05, 0.1) is 0 Å². The fourth-order valence-corrected chi connectivity index (χ4v) is 2.21. The maximum absolute atomic E-state index is 10.3. The molecule has 1 aromatic carbocycles. The Labute approximate surface area is 85.1 Å². The zero-order valence-corrected chi connectivity index (χ0v) is 8.12. The summed E-state index contributed by atoms with van der Waals surface area (Å²) in [4.78, 5) is 11.3. The van der Waals surface area contributed by atoms with Gasteiger partial charge in [-0.3, -0.25) is 0 Å². The third kappa shape index (κ3) is 1.83. The van der Waals surface area contributed by atoms with Crippen molar-refractivity contribution in [2.24, 2.45) is 0 Å². The van der Waals surface area contributed by atoms with E-state index in [1.54, 1.807) is 17.4 Å². The smallest absolute Gasteiger partial charge is 0.328 e. The molecule has 3 heteroatoms. The van der Waals surface area contributed by atoms with Crippen LogP contribution >= 0.6 is 11.3 Å². The Bertz CT molecular complexity index is 464. The highest BCUT2D eigenvalue weighted by Crippen LogP contribution is 2.25. The summed E-state index contributed by atoms with van der Waals surface area (Å²) in [6.45, 7) is 0. The molecule has 0 bridgehead atoms. The summed E-state index contributed by atoms with van der Waals surface area (Å²) in [5, 5.41) is 9.62. The highest BCUT2D eigenvalue weighted by atomic mass is 32.1. The van der Waals surface area contributed by atoms with Crippen LogP contribution in [-0.4, -0.2) is 11.1 Å². The molecule has 0 amide bonds. The summed E-state index contributed by atoms with van der Waals surface area (Å²) in [5.41, 5.74) is 0. The van der Waals surface area contributed by atoms with Gasteiger partial charge in [-0.15, -0.1) is 11.3 Å². The van der Waals surface area contributed by atoms with Crippen LogP contribution in [0.4, 0.5) is 0 Å². The lowest BCUT2D eigenvalue weighted by atomic mass is 10.2. The fraction of sp³-hybridized carbons (Fsp3) is 0. The molecule has 1 heterocycles. The minimum atomic E-state index is -0.914. The van der Waals surface area contributed by atoms with Gasteiger partial charge in [-0.2, -0.15) is 0 Å². The molecule has 1 N–H and O–H groups in total. The standard InChI is InChI=1S/C11H8O2S/c12-11(13)6-5-9-7-8-3-1-2-4-10(8)14-9/h1-7H,(H,12,13). The molecular formula is C11H8O2S. The predicted molar refractivity (Wildman–Crippen MR) is 58.5 cm³/mol. The second-order valence-corrected chi connectivity index (χ2v) is 3.97. The Morgan fingerprint density at radius 2 is 2.14 bits per heavy atom. The molecule has 1 aromatic heterocycles. The Kier molecular flexibility index (Phi) is 2.33. The molecule has 0 spiro atoms. The number of aliphatic carboxylic acids is 1. The van der Waals surface area contributed by atoms with E-state index in [0.717, 1.165) is 16.3 Å². The molecule has 2 aromatic rings. The lowest BCUT2D eigenvalue weighted by molar-refractivity contribution is -0.131. The summed E-state index contributed by atoms with van der Waals surface area (Å²) in [6, 6.07) is 9.98. The van der Waals surface area contributed by atoms with Gasteiger partial charge in [-0.25, -0.2) is 4.79 Å². The van der Waals surface area contributed by atoms with E-state index in [1.165, 1.54) is 4.70 Å². The molecule has 2 nitrogen and oxygen atoms in total. The van der Waals surface area contributed by atoms with Gasteiger partial charge in [0.25, 0.3) is 0 Å². The largest absolute Gasteiger partial charge is 0.478 e. The first-order valence-electron chi connectivity index (χ1n) is 4.15. The minimum Gasteiger partial charge on any atom is -0.478 e. The van der Waals surface area contributed by atoms with Crippen molar-refractivity contribution in [1.29, 1.82) is 0 Å². The monoisotopic (exact) mass is 204 g/mol. The van der Waals surface area contributed by atoms with E-state index in [9.17, 15) is 4.79 Å². The molecule has 0 saturated heterocycles. The normalized spacial score (nSPS) is 11.1. The average molecular weight is 204 g/mol. The van der Waals surface area contributed by atoms with Crippen molar-refractivity contribution >= 4 is 33.5 Å². The van der Waals surface area contributed by atoms with Crippen molar-refractivity contribution < 1.29 is 9.90 Å². The highest BCUT2D eigenvalue weighted by molar-refractivity contribution is 7.19. The lowest BCUT2D eigenvalue weighted by Crippen LogP contribution is -1.84. The van der Waals surface area contributed by atoms with Crippen molar-refractivity contribution in [3.63, 3.8) is 0 Å². The van der Waals surface area contributed by atoms with Crippen molar-refractivity contribution in [2.45, 2.75) is 0 Å². The van der Waals surface area contributed by atoms with E-state index < -0.39 is 5.97 Å². The maximum Gasteiger partial charge on any atom is 0.328 e. The molecule has 2 rings (SSSR count).